The van der Waals surface area contributed by atoms with Gasteiger partial charge in [-0.1, -0.05) is 30.3 Å². The van der Waals surface area contributed by atoms with Crippen molar-refractivity contribution in [3.63, 3.8) is 0 Å². The number of nitrogens with one attached hydrogen (secondary N) is 3. The molecule has 0 atom stereocenters. The molecule has 2 amide bonds. The van der Waals surface area contributed by atoms with Gasteiger partial charge in [0.1, 0.15) is 0 Å². The summed E-state index contributed by atoms with van der Waals surface area (Å²) in [5.41, 5.74) is 2.95. The first-order chi connectivity index (χ1) is 11.7. The van der Waals surface area contributed by atoms with Gasteiger partial charge in [-0.15, -0.1) is 0 Å². The lowest BCUT2D eigenvalue weighted by atomic mass is 10.1. The normalized spacial score (nSPS) is 10.2. The van der Waals surface area contributed by atoms with Crippen molar-refractivity contribution in [2.24, 2.45) is 0 Å². The molecule has 120 valence electrons. The molecule has 0 bridgehead atoms. The molecule has 2 aromatic carbocycles. The van der Waals surface area contributed by atoms with E-state index in [4.69, 9.17) is 0 Å². The molecule has 24 heavy (non-hydrogen) atoms. The number of aromatic nitrogens is 2. The lowest BCUT2D eigenvalue weighted by Crippen LogP contribution is -2.32. The van der Waals surface area contributed by atoms with Crippen LogP contribution in [0.15, 0.2) is 67.1 Å². The van der Waals surface area contributed by atoms with E-state index < -0.39 is 0 Å². The average Bonchev–Trinajstić information content (AvgIpc) is 3.15. The minimum atomic E-state index is -0.291. The fourth-order valence-corrected chi connectivity index (χ4v) is 2.24. The highest BCUT2D eigenvalue weighted by Crippen LogP contribution is 2.19. The van der Waals surface area contributed by atoms with Gasteiger partial charge < -0.3 is 15.6 Å². The summed E-state index contributed by atoms with van der Waals surface area (Å²) in [6, 6.07) is 16.2. The van der Waals surface area contributed by atoms with Crippen LogP contribution in [0.3, 0.4) is 0 Å². The molecule has 3 N–H and O–H groups in total. The predicted molar refractivity (Wildman–Crippen MR) is 91.4 cm³/mol. The Morgan fingerprint density at radius 1 is 1.04 bits per heavy atom. The van der Waals surface area contributed by atoms with E-state index in [0.717, 1.165) is 11.3 Å². The van der Waals surface area contributed by atoms with Crippen molar-refractivity contribution in [1.82, 2.24) is 15.3 Å². The number of benzene rings is 2. The molecule has 0 fully saturated rings. The van der Waals surface area contributed by atoms with Crippen molar-refractivity contribution in [3.05, 3.63) is 72.7 Å². The van der Waals surface area contributed by atoms with Gasteiger partial charge in [-0.05, 0) is 24.3 Å². The summed E-state index contributed by atoms with van der Waals surface area (Å²) in [6.45, 7) is -0.0952. The number of hydrogen-bond acceptors (Lipinski definition) is 3. The maximum absolute atomic E-state index is 12.0. The van der Waals surface area contributed by atoms with E-state index in [-0.39, 0.29) is 18.4 Å². The lowest BCUT2D eigenvalue weighted by molar-refractivity contribution is -0.115. The molecular weight excluding hydrogens is 304 g/mol. The zero-order valence-electron chi connectivity index (χ0n) is 12.8. The number of rotatable bonds is 5. The Morgan fingerprint density at radius 2 is 1.88 bits per heavy atom. The first-order valence-electron chi connectivity index (χ1n) is 7.44. The monoisotopic (exact) mass is 320 g/mol. The fraction of sp³-hybridized carbons (Fsp3) is 0.0556. The third kappa shape index (κ3) is 3.86. The minimum Gasteiger partial charge on any atom is -0.345 e. The summed E-state index contributed by atoms with van der Waals surface area (Å²) < 4.78 is 0. The first kappa shape index (κ1) is 15.5. The van der Waals surface area contributed by atoms with Crippen molar-refractivity contribution in [2.45, 2.75) is 0 Å². The maximum Gasteiger partial charge on any atom is 0.251 e. The van der Waals surface area contributed by atoms with Crippen LogP contribution < -0.4 is 10.6 Å². The first-order valence-corrected chi connectivity index (χ1v) is 7.44. The number of imidazole rings is 1. The van der Waals surface area contributed by atoms with Crippen molar-refractivity contribution in [1.29, 1.82) is 0 Å². The molecule has 6 heteroatoms. The molecule has 6 nitrogen and oxygen atoms in total. The fourth-order valence-electron chi connectivity index (χ4n) is 2.24. The molecule has 0 saturated carbocycles. The summed E-state index contributed by atoms with van der Waals surface area (Å²) in [5, 5.41) is 5.36. The summed E-state index contributed by atoms with van der Waals surface area (Å²) in [5.74, 6) is -0.571. The number of aromatic amines is 1. The van der Waals surface area contributed by atoms with Crippen molar-refractivity contribution in [3.8, 4) is 11.3 Å². The van der Waals surface area contributed by atoms with Gasteiger partial charge in [-0.3, -0.25) is 9.59 Å². The van der Waals surface area contributed by atoms with Gasteiger partial charge in [0, 0.05) is 16.8 Å². The number of H-pyrrole nitrogens is 1. The highest BCUT2D eigenvalue weighted by Gasteiger charge is 2.08. The minimum absolute atomic E-state index is 0.0952. The highest BCUT2D eigenvalue weighted by atomic mass is 16.2. The molecule has 1 aromatic heterocycles. The standard InChI is InChI=1S/C18H16N4O2/c23-17(11-20-18(24)13-5-2-1-3-6-13)22-15-8-4-7-14(9-15)16-10-19-12-21-16/h1-10,12H,11H2,(H,19,21)(H,20,24)(H,22,23). The zero-order valence-corrected chi connectivity index (χ0v) is 12.8. The number of carbonyl (C=O) groups excluding carboxylic acids is 2. The largest absolute Gasteiger partial charge is 0.345 e. The predicted octanol–water partition coefficient (Wildman–Crippen LogP) is 2.45. The van der Waals surface area contributed by atoms with Crippen LogP contribution in [0, 0.1) is 0 Å². The van der Waals surface area contributed by atoms with E-state index in [0.29, 0.717) is 11.3 Å². The smallest absolute Gasteiger partial charge is 0.251 e. The van der Waals surface area contributed by atoms with Crippen LogP contribution in [-0.4, -0.2) is 28.3 Å². The lowest BCUT2D eigenvalue weighted by Gasteiger charge is -2.08. The van der Waals surface area contributed by atoms with Crippen molar-refractivity contribution < 1.29 is 9.59 Å². The van der Waals surface area contributed by atoms with E-state index in [2.05, 4.69) is 20.6 Å². The van der Waals surface area contributed by atoms with E-state index in [1.165, 1.54) is 0 Å². The second kappa shape index (κ2) is 7.23. The van der Waals surface area contributed by atoms with Gasteiger partial charge in [0.25, 0.3) is 5.91 Å². The van der Waals surface area contributed by atoms with Crippen molar-refractivity contribution >= 4 is 17.5 Å². The quantitative estimate of drug-likeness (QED) is 0.675. The Morgan fingerprint density at radius 3 is 2.62 bits per heavy atom. The number of nitrogens with zero attached hydrogens (tertiary/aromatic N) is 1. The number of amides is 2. The van der Waals surface area contributed by atoms with Crippen LogP contribution in [0.25, 0.3) is 11.3 Å². The highest BCUT2D eigenvalue weighted by molar-refractivity contribution is 5.99. The molecule has 0 aliphatic rings. The number of carbonyl (C=O) groups is 2. The molecule has 3 rings (SSSR count). The molecule has 0 aliphatic carbocycles. The van der Waals surface area contributed by atoms with Gasteiger partial charge in [0.2, 0.25) is 5.91 Å². The summed E-state index contributed by atoms with van der Waals surface area (Å²) in [6.07, 6.45) is 3.31. The van der Waals surface area contributed by atoms with Crippen LogP contribution in [-0.2, 0) is 4.79 Å². The third-order valence-corrected chi connectivity index (χ3v) is 3.40. The van der Waals surface area contributed by atoms with E-state index in [9.17, 15) is 9.59 Å². The molecule has 0 unspecified atom stereocenters. The second-order valence-electron chi connectivity index (χ2n) is 5.14. The van der Waals surface area contributed by atoms with Gasteiger partial charge >= 0.3 is 0 Å². The molecular formula is C18H16N4O2. The average molecular weight is 320 g/mol. The topological polar surface area (TPSA) is 86.9 Å². The third-order valence-electron chi connectivity index (χ3n) is 3.40. The van der Waals surface area contributed by atoms with E-state index in [1.807, 2.05) is 24.3 Å². The Bertz CT molecular complexity index is 829. The molecule has 1 heterocycles. The molecule has 0 radical (unpaired) electrons. The van der Waals surface area contributed by atoms with Crippen LogP contribution >= 0.6 is 0 Å². The second-order valence-corrected chi connectivity index (χ2v) is 5.14. The molecule has 0 aliphatic heterocycles. The number of hydrogen-bond donors (Lipinski definition) is 3. The van der Waals surface area contributed by atoms with Crippen molar-refractivity contribution in [2.75, 3.05) is 11.9 Å². The van der Waals surface area contributed by atoms with Gasteiger partial charge in [-0.25, -0.2) is 4.98 Å². The van der Waals surface area contributed by atoms with Gasteiger partial charge in [-0.2, -0.15) is 0 Å². The van der Waals surface area contributed by atoms with Crippen LogP contribution in [0.4, 0.5) is 5.69 Å². The molecule has 0 spiro atoms. The Balaban J connectivity index is 1.57. The Kier molecular flexibility index (Phi) is 4.67. The SMILES string of the molecule is O=C(CNC(=O)c1ccccc1)Nc1cccc(-c2cnc[nH]2)c1. The van der Waals surface area contributed by atoms with Crippen LogP contribution in [0.1, 0.15) is 10.4 Å². The van der Waals surface area contributed by atoms with Crippen LogP contribution in [0.5, 0.6) is 0 Å². The van der Waals surface area contributed by atoms with E-state index >= 15 is 0 Å². The van der Waals surface area contributed by atoms with Gasteiger partial charge in [0.15, 0.2) is 0 Å². The molecule has 0 saturated heterocycles. The van der Waals surface area contributed by atoms with E-state index in [1.54, 1.807) is 42.9 Å². The zero-order chi connectivity index (χ0) is 16.8. The molecule has 3 aromatic rings. The number of anilines is 1. The summed E-state index contributed by atoms with van der Waals surface area (Å²) in [4.78, 5) is 30.9. The summed E-state index contributed by atoms with van der Waals surface area (Å²) in [7, 11) is 0. The van der Waals surface area contributed by atoms with Crippen LogP contribution in [0.2, 0.25) is 0 Å². The maximum atomic E-state index is 12.0. The van der Waals surface area contributed by atoms with Gasteiger partial charge in [0.05, 0.1) is 24.8 Å². The Labute approximate surface area is 138 Å². The summed E-state index contributed by atoms with van der Waals surface area (Å²) >= 11 is 0. The Hall–Kier alpha value is -3.41.